The topological polar surface area (TPSA) is 90.9 Å². The van der Waals surface area contributed by atoms with Crippen molar-refractivity contribution >= 4 is 23.3 Å². The Hall–Kier alpha value is -3.35. The summed E-state index contributed by atoms with van der Waals surface area (Å²) >= 11 is 0. The maximum Gasteiger partial charge on any atom is 0.310 e. The van der Waals surface area contributed by atoms with E-state index in [9.17, 15) is 14.4 Å². The van der Waals surface area contributed by atoms with Gasteiger partial charge in [-0.05, 0) is 55.2 Å². The zero-order valence-electron chi connectivity index (χ0n) is 17.1. The van der Waals surface area contributed by atoms with E-state index in [-0.39, 0.29) is 54.0 Å². The molecule has 7 heteroatoms. The Labute approximate surface area is 179 Å². The Balaban J connectivity index is 1.17. The molecule has 31 heavy (non-hydrogen) atoms. The highest BCUT2D eigenvalue weighted by molar-refractivity contribution is 5.98. The van der Waals surface area contributed by atoms with E-state index >= 15 is 0 Å². The Morgan fingerprint density at radius 1 is 1.10 bits per heavy atom. The smallest absolute Gasteiger partial charge is 0.310 e. The molecule has 2 bridgehead atoms. The molecule has 1 saturated heterocycles. The van der Waals surface area contributed by atoms with E-state index in [4.69, 9.17) is 14.2 Å². The molecule has 2 aromatic carbocycles. The molecule has 5 unspecified atom stereocenters. The minimum Gasteiger partial charge on any atom is -0.497 e. The van der Waals surface area contributed by atoms with Crippen LogP contribution in [0.15, 0.2) is 48.5 Å². The molecular formula is C24H23NO6. The number of amides is 1. The van der Waals surface area contributed by atoms with Gasteiger partial charge in [0.05, 0.1) is 18.9 Å². The van der Waals surface area contributed by atoms with Crippen molar-refractivity contribution in [3.8, 4) is 11.5 Å². The number of Topliss-reactive ketones (excluding diaryl/α,β-unsaturated/α-hetero) is 1. The number of hydrogen-bond donors (Lipinski definition) is 1. The minimum absolute atomic E-state index is 0.0164. The number of ketones is 1. The third-order valence-electron chi connectivity index (χ3n) is 6.67. The molecule has 1 aliphatic heterocycles. The van der Waals surface area contributed by atoms with E-state index in [0.29, 0.717) is 22.7 Å². The lowest BCUT2D eigenvalue weighted by atomic mass is 9.79. The van der Waals surface area contributed by atoms with Gasteiger partial charge in [0, 0.05) is 17.2 Å². The lowest BCUT2D eigenvalue weighted by Gasteiger charge is -2.23. The molecule has 2 aliphatic carbocycles. The molecule has 1 amide bonds. The van der Waals surface area contributed by atoms with Crippen LogP contribution < -0.4 is 14.8 Å². The number of hydrogen-bond acceptors (Lipinski definition) is 6. The molecule has 1 N–H and O–H groups in total. The highest BCUT2D eigenvalue weighted by Gasteiger charge is 2.63. The number of ether oxygens (including phenoxy) is 3. The third kappa shape index (κ3) is 3.54. The fourth-order valence-electron chi connectivity index (χ4n) is 5.25. The first-order valence-corrected chi connectivity index (χ1v) is 10.4. The summed E-state index contributed by atoms with van der Waals surface area (Å²) < 4.78 is 16.1. The minimum atomic E-state index is -0.312. The van der Waals surface area contributed by atoms with Gasteiger partial charge >= 0.3 is 5.97 Å². The van der Waals surface area contributed by atoms with E-state index in [1.54, 1.807) is 55.6 Å². The zero-order valence-corrected chi connectivity index (χ0v) is 17.1. The lowest BCUT2D eigenvalue weighted by Crippen LogP contribution is -2.35. The number of methoxy groups -OCH3 is 1. The summed E-state index contributed by atoms with van der Waals surface area (Å²) in [5.74, 6) is 0.439. The number of anilines is 1. The van der Waals surface area contributed by atoms with Crippen LogP contribution in [0.3, 0.4) is 0 Å². The highest BCUT2D eigenvalue weighted by Crippen LogP contribution is 2.57. The van der Waals surface area contributed by atoms with Crippen LogP contribution in [0.5, 0.6) is 11.5 Å². The number of nitrogens with one attached hydrogen (secondary N) is 1. The number of benzene rings is 2. The van der Waals surface area contributed by atoms with Gasteiger partial charge in [0.2, 0.25) is 5.91 Å². The second kappa shape index (κ2) is 7.72. The molecule has 0 spiro atoms. The van der Waals surface area contributed by atoms with Gasteiger partial charge in [-0.15, -0.1) is 0 Å². The summed E-state index contributed by atoms with van der Waals surface area (Å²) in [4.78, 5) is 37.3. The number of rotatable bonds is 7. The van der Waals surface area contributed by atoms with Crippen molar-refractivity contribution in [1.29, 1.82) is 0 Å². The second-order valence-corrected chi connectivity index (χ2v) is 8.38. The Morgan fingerprint density at radius 3 is 2.68 bits per heavy atom. The number of esters is 1. The van der Waals surface area contributed by atoms with Crippen LogP contribution >= 0.6 is 0 Å². The predicted octanol–water partition coefficient (Wildman–Crippen LogP) is 3.09. The number of carbonyl (C=O) groups excluding carboxylic acids is 3. The van der Waals surface area contributed by atoms with Crippen LogP contribution in [0.25, 0.3) is 0 Å². The Bertz CT molecular complexity index is 1030. The first-order valence-electron chi connectivity index (χ1n) is 10.4. The van der Waals surface area contributed by atoms with E-state index in [0.717, 1.165) is 12.8 Å². The average molecular weight is 421 g/mol. The summed E-state index contributed by atoms with van der Waals surface area (Å²) in [6.07, 6.45) is 1.70. The van der Waals surface area contributed by atoms with Gasteiger partial charge in [-0.3, -0.25) is 14.4 Å². The summed E-state index contributed by atoms with van der Waals surface area (Å²) in [7, 11) is 1.55. The number of fused-ring (bicyclic) bond motifs is 1. The molecule has 3 fully saturated rings. The largest absolute Gasteiger partial charge is 0.497 e. The highest BCUT2D eigenvalue weighted by atomic mass is 16.6. The molecule has 0 aromatic heterocycles. The van der Waals surface area contributed by atoms with Crippen molar-refractivity contribution in [1.82, 2.24) is 0 Å². The first kappa shape index (κ1) is 19.6. The van der Waals surface area contributed by atoms with Crippen molar-refractivity contribution in [2.75, 3.05) is 19.0 Å². The van der Waals surface area contributed by atoms with Crippen molar-refractivity contribution < 1.29 is 28.6 Å². The van der Waals surface area contributed by atoms with E-state index < -0.39 is 0 Å². The molecule has 2 aromatic rings. The fourth-order valence-corrected chi connectivity index (χ4v) is 5.25. The van der Waals surface area contributed by atoms with Gasteiger partial charge in [0.25, 0.3) is 0 Å². The quantitative estimate of drug-likeness (QED) is 0.546. The first-order chi connectivity index (χ1) is 15.0. The molecule has 5 atom stereocenters. The maximum absolute atomic E-state index is 12.8. The van der Waals surface area contributed by atoms with Crippen LogP contribution in [0.2, 0.25) is 0 Å². The van der Waals surface area contributed by atoms with E-state index in [2.05, 4.69) is 5.32 Å². The van der Waals surface area contributed by atoms with Gasteiger partial charge in [-0.25, -0.2) is 0 Å². The molecule has 1 heterocycles. The van der Waals surface area contributed by atoms with E-state index in [1.165, 1.54) is 0 Å². The zero-order chi connectivity index (χ0) is 21.5. The van der Waals surface area contributed by atoms with Gasteiger partial charge < -0.3 is 19.5 Å². The van der Waals surface area contributed by atoms with E-state index in [1.807, 2.05) is 0 Å². The van der Waals surface area contributed by atoms with Crippen LogP contribution in [0, 0.1) is 23.7 Å². The number of carbonyl (C=O) groups is 3. The SMILES string of the molecule is COc1cccc(C(=O)COc2ccc(NC(=O)C3C4CC5OC(=O)C3C5C4)cc2)c1. The lowest BCUT2D eigenvalue weighted by molar-refractivity contribution is -0.145. The molecule has 0 radical (unpaired) electrons. The predicted molar refractivity (Wildman–Crippen MR) is 111 cm³/mol. The summed E-state index contributed by atoms with van der Waals surface area (Å²) in [5.41, 5.74) is 1.14. The van der Waals surface area contributed by atoms with Crippen LogP contribution in [0.4, 0.5) is 5.69 Å². The fraction of sp³-hybridized carbons (Fsp3) is 0.375. The molecule has 2 saturated carbocycles. The molecule has 160 valence electrons. The van der Waals surface area contributed by atoms with Gasteiger partial charge in [-0.2, -0.15) is 0 Å². The summed E-state index contributed by atoms with van der Waals surface area (Å²) in [5, 5.41) is 2.92. The third-order valence-corrected chi connectivity index (χ3v) is 6.67. The van der Waals surface area contributed by atoms with Gasteiger partial charge in [0.1, 0.15) is 17.6 Å². The van der Waals surface area contributed by atoms with Gasteiger partial charge in [-0.1, -0.05) is 12.1 Å². The van der Waals surface area contributed by atoms with Crippen molar-refractivity contribution in [2.45, 2.75) is 18.9 Å². The van der Waals surface area contributed by atoms with Crippen molar-refractivity contribution in [3.05, 3.63) is 54.1 Å². The van der Waals surface area contributed by atoms with Crippen LogP contribution in [0.1, 0.15) is 23.2 Å². The summed E-state index contributed by atoms with van der Waals surface area (Å²) in [6, 6.07) is 13.8. The standard InChI is InChI=1S/C24H23NO6/c1-29-17-4-2-3-13(9-17)19(26)12-30-16-7-5-15(6-8-16)25-23(27)21-14-10-18-20(11-14)31-24(28)22(18)21/h2-9,14,18,20-22H,10-12H2,1H3,(H,25,27). The molecular weight excluding hydrogens is 398 g/mol. The summed E-state index contributed by atoms with van der Waals surface area (Å²) in [6.45, 7) is -0.102. The maximum atomic E-state index is 12.8. The average Bonchev–Trinajstić information content (AvgIpc) is 3.41. The molecule has 5 rings (SSSR count). The van der Waals surface area contributed by atoms with Crippen LogP contribution in [-0.2, 0) is 14.3 Å². The molecule has 7 nitrogen and oxygen atoms in total. The Morgan fingerprint density at radius 2 is 1.90 bits per heavy atom. The second-order valence-electron chi connectivity index (χ2n) is 8.38. The Kier molecular flexibility index (Phi) is 4.88. The normalized spacial score (nSPS) is 27.6. The molecule has 3 aliphatic rings. The monoisotopic (exact) mass is 421 g/mol. The van der Waals surface area contributed by atoms with Crippen molar-refractivity contribution in [2.24, 2.45) is 23.7 Å². The van der Waals surface area contributed by atoms with Gasteiger partial charge in [0.15, 0.2) is 12.4 Å². The van der Waals surface area contributed by atoms with Crippen molar-refractivity contribution in [3.63, 3.8) is 0 Å². The van der Waals surface area contributed by atoms with Crippen LogP contribution in [-0.4, -0.2) is 37.5 Å².